The highest BCUT2D eigenvalue weighted by Gasteiger charge is 2.25. The SMILES string of the molecule is COC(=O)C[C@H]1CCCCC[C@H]1F. The van der Waals surface area contributed by atoms with E-state index in [0.717, 1.165) is 25.7 Å². The summed E-state index contributed by atoms with van der Waals surface area (Å²) in [6.45, 7) is 0. The summed E-state index contributed by atoms with van der Waals surface area (Å²) in [6, 6.07) is 0. The van der Waals surface area contributed by atoms with Crippen molar-refractivity contribution in [1.29, 1.82) is 0 Å². The molecule has 13 heavy (non-hydrogen) atoms. The molecule has 2 atom stereocenters. The van der Waals surface area contributed by atoms with Crippen LogP contribution in [0, 0.1) is 5.92 Å². The fourth-order valence-electron chi connectivity index (χ4n) is 1.87. The van der Waals surface area contributed by atoms with Crippen LogP contribution in [0.4, 0.5) is 4.39 Å². The third-order valence-corrected chi connectivity index (χ3v) is 2.72. The minimum absolute atomic E-state index is 0.102. The number of carbonyl (C=O) groups is 1. The quantitative estimate of drug-likeness (QED) is 0.491. The second-order valence-corrected chi connectivity index (χ2v) is 3.69. The van der Waals surface area contributed by atoms with Gasteiger partial charge in [0, 0.05) is 5.92 Å². The van der Waals surface area contributed by atoms with Crippen molar-refractivity contribution in [2.24, 2.45) is 5.92 Å². The summed E-state index contributed by atoms with van der Waals surface area (Å²) >= 11 is 0. The Bertz CT molecular complexity index is 170. The van der Waals surface area contributed by atoms with Crippen molar-refractivity contribution in [3.05, 3.63) is 0 Å². The largest absolute Gasteiger partial charge is 0.469 e. The second kappa shape index (κ2) is 5.20. The number of carbonyl (C=O) groups excluding carboxylic acids is 1. The van der Waals surface area contributed by atoms with Crippen LogP contribution in [-0.4, -0.2) is 19.3 Å². The Balaban J connectivity index is 2.40. The maximum Gasteiger partial charge on any atom is 0.305 e. The van der Waals surface area contributed by atoms with Gasteiger partial charge >= 0.3 is 5.97 Å². The fourth-order valence-corrected chi connectivity index (χ4v) is 1.87. The number of hydrogen-bond acceptors (Lipinski definition) is 2. The Labute approximate surface area is 78.5 Å². The molecule has 0 saturated heterocycles. The number of hydrogen-bond donors (Lipinski definition) is 0. The Morgan fingerprint density at radius 1 is 1.38 bits per heavy atom. The molecule has 1 fully saturated rings. The first-order valence-electron chi connectivity index (χ1n) is 4.95. The van der Waals surface area contributed by atoms with Gasteiger partial charge in [-0.2, -0.15) is 0 Å². The predicted molar refractivity (Wildman–Crippen MR) is 48.1 cm³/mol. The summed E-state index contributed by atoms with van der Waals surface area (Å²) in [4.78, 5) is 10.9. The monoisotopic (exact) mass is 188 g/mol. The van der Waals surface area contributed by atoms with E-state index >= 15 is 0 Å². The molecule has 0 spiro atoms. The van der Waals surface area contributed by atoms with Gasteiger partial charge in [-0.05, 0) is 12.8 Å². The van der Waals surface area contributed by atoms with E-state index in [-0.39, 0.29) is 18.3 Å². The van der Waals surface area contributed by atoms with Crippen molar-refractivity contribution in [3.8, 4) is 0 Å². The van der Waals surface area contributed by atoms with Crippen molar-refractivity contribution in [3.63, 3.8) is 0 Å². The van der Waals surface area contributed by atoms with Gasteiger partial charge in [-0.1, -0.05) is 19.3 Å². The molecule has 0 radical (unpaired) electrons. The normalized spacial score (nSPS) is 29.4. The van der Waals surface area contributed by atoms with Gasteiger partial charge in [0.1, 0.15) is 6.17 Å². The standard InChI is InChI=1S/C10H17FO2/c1-13-10(12)7-8-5-3-2-4-6-9(8)11/h8-9H,2-7H2,1H3/t8-,9-/m1/s1. The topological polar surface area (TPSA) is 26.3 Å². The Hall–Kier alpha value is -0.600. The number of esters is 1. The van der Waals surface area contributed by atoms with Crippen molar-refractivity contribution < 1.29 is 13.9 Å². The molecule has 2 nitrogen and oxygen atoms in total. The predicted octanol–water partition coefficient (Wildman–Crippen LogP) is 2.47. The van der Waals surface area contributed by atoms with Gasteiger partial charge in [0.05, 0.1) is 13.5 Å². The number of ether oxygens (including phenoxy) is 1. The van der Waals surface area contributed by atoms with Crippen LogP contribution in [0.5, 0.6) is 0 Å². The molecule has 1 aliphatic carbocycles. The molecule has 0 aromatic carbocycles. The van der Waals surface area contributed by atoms with Gasteiger partial charge in [-0.25, -0.2) is 4.39 Å². The summed E-state index contributed by atoms with van der Waals surface area (Å²) in [5.41, 5.74) is 0. The van der Waals surface area contributed by atoms with E-state index < -0.39 is 6.17 Å². The van der Waals surface area contributed by atoms with Crippen LogP contribution < -0.4 is 0 Å². The van der Waals surface area contributed by atoms with Gasteiger partial charge in [0.25, 0.3) is 0 Å². The zero-order valence-corrected chi connectivity index (χ0v) is 8.09. The molecule has 1 aliphatic rings. The molecular weight excluding hydrogens is 171 g/mol. The molecule has 0 aliphatic heterocycles. The summed E-state index contributed by atoms with van der Waals surface area (Å²) in [7, 11) is 1.35. The lowest BCUT2D eigenvalue weighted by Crippen LogP contribution is -2.19. The fraction of sp³-hybridized carbons (Fsp3) is 0.900. The van der Waals surface area contributed by atoms with Gasteiger partial charge in [-0.3, -0.25) is 4.79 Å². The first kappa shape index (κ1) is 10.5. The maximum atomic E-state index is 13.4. The van der Waals surface area contributed by atoms with Crippen LogP contribution >= 0.6 is 0 Å². The number of halogens is 1. The maximum absolute atomic E-state index is 13.4. The zero-order chi connectivity index (χ0) is 9.68. The third-order valence-electron chi connectivity index (χ3n) is 2.72. The number of methoxy groups -OCH3 is 1. The molecule has 0 aromatic heterocycles. The molecule has 1 rings (SSSR count). The van der Waals surface area contributed by atoms with Gasteiger partial charge in [0.15, 0.2) is 0 Å². The summed E-state index contributed by atoms with van der Waals surface area (Å²) in [5, 5.41) is 0. The highest BCUT2D eigenvalue weighted by Crippen LogP contribution is 2.28. The Kier molecular flexibility index (Phi) is 4.19. The van der Waals surface area contributed by atoms with E-state index in [0.29, 0.717) is 6.42 Å². The average Bonchev–Trinajstić information content (AvgIpc) is 2.32. The van der Waals surface area contributed by atoms with E-state index in [4.69, 9.17) is 0 Å². The van der Waals surface area contributed by atoms with Crippen LogP contribution in [-0.2, 0) is 9.53 Å². The molecular formula is C10H17FO2. The molecule has 0 N–H and O–H groups in total. The lowest BCUT2D eigenvalue weighted by molar-refractivity contribution is -0.142. The van der Waals surface area contributed by atoms with Gasteiger partial charge in [-0.15, -0.1) is 0 Å². The highest BCUT2D eigenvalue weighted by molar-refractivity contribution is 5.69. The van der Waals surface area contributed by atoms with Crippen LogP contribution in [0.1, 0.15) is 38.5 Å². The summed E-state index contributed by atoms with van der Waals surface area (Å²) < 4.78 is 17.9. The molecule has 0 heterocycles. The summed E-state index contributed by atoms with van der Waals surface area (Å²) in [6.07, 6.45) is 3.98. The van der Waals surface area contributed by atoms with Crippen molar-refractivity contribution in [2.75, 3.05) is 7.11 Å². The average molecular weight is 188 g/mol. The second-order valence-electron chi connectivity index (χ2n) is 3.69. The van der Waals surface area contributed by atoms with Gasteiger partial charge in [0.2, 0.25) is 0 Å². The minimum atomic E-state index is -0.804. The summed E-state index contributed by atoms with van der Waals surface area (Å²) in [5.74, 6) is -0.385. The Morgan fingerprint density at radius 2 is 2.08 bits per heavy atom. The van der Waals surface area contributed by atoms with Crippen LogP contribution in [0.2, 0.25) is 0 Å². The molecule has 0 aromatic rings. The molecule has 76 valence electrons. The zero-order valence-electron chi connectivity index (χ0n) is 8.09. The minimum Gasteiger partial charge on any atom is -0.469 e. The molecule has 0 unspecified atom stereocenters. The first-order valence-corrected chi connectivity index (χ1v) is 4.95. The van der Waals surface area contributed by atoms with Gasteiger partial charge < -0.3 is 4.74 Å². The van der Waals surface area contributed by atoms with E-state index in [2.05, 4.69) is 4.74 Å². The lowest BCUT2D eigenvalue weighted by Gasteiger charge is -2.16. The number of rotatable bonds is 2. The van der Waals surface area contributed by atoms with Crippen LogP contribution in [0.15, 0.2) is 0 Å². The van der Waals surface area contributed by atoms with E-state index in [1.165, 1.54) is 7.11 Å². The lowest BCUT2D eigenvalue weighted by atomic mass is 9.95. The van der Waals surface area contributed by atoms with E-state index in [1.54, 1.807) is 0 Å². The van der Waals surface area contributed by atoms with Crippen LogP contribution in [0.3, 0.4) is 0 Å². The molecule has 0 amide bonds. The molecule has 1 saturated carbocycles. The van der Waals surface area contributed by atoms with E-state index in [1.807, 2.05) is 0 Å². The van der Waals surface area contributed by atoms with Crippen molar-refractivity contribution in [2.45, 2.75) is 44.7 Å². The van der Waals surface area contributed by atoms with Crippen LogP contribution in [0.25, 0.3) is 0 Å². The number of alkyl halides is 1. The Morgan fingerprint density at radius 3 is 2.77 bits per heavy atom. The van der Waals surface area contributed by atoms with Crippen molar-refractivity contribution in [1.82, 2.24) is 0 Å². The molecule has 0 bridgehead atoms. The van der Waals surface area contributed by atoms with E-state index in [9.17, 15) is 9.18 Å². The van der Waals surface area contributed by atoms with Crippen molar-refractivity contribution >= 4 is 5.97 Å². The smallest absolute Gasteiger partial charge is 0.305 e. The molecule has 3 heteroatoms. The highest BCUT2D eigenvalue weighted by atomic mass is 19.1. The first-order chi connectivity index (χ1) is 6.24. The third kappa shape index (κ3) is 3.33.